The van der Waals surface area contributed by atoms with Gasteiger partial charge in [0.2, 0.25) is 6.79 Å². The third-order valence-electron chi connectivity index (χ3n) is 6.52. The molecule has 0 saturated carbocycles. The van der Waals surface area contributed by atoms with Crippen molar-refractivity contribution in [1.29, 1.82) is 0 Å². The topological polar surface area (TPSA) is 50.1 Å². The zero-order valence-corrected chi connectivity index (χ0v) is 17.7. The van der Waals surface area contributed by atoms with E-state index in [1.165, 1.54) is 11.1 Å². The highest BCUT2D eigenvalue weighted by Gasteiger charge is 2.24. The molecule has 2 aromatic carbocycles. The SMILES string of the molecule is Cc1c([C@H](O)CN2CCN(Cc3ccc4c(c3)OCO4)CC2)c2ccccc2n1C. The zero-order chi connectivity index (χ0) is 20.7. The predicted octanol–water partition coefficient (Wildman–Crippen LogP) is 3.07. The molecule has 30 heavy (non-hydrogen) atoms. The molecule has 0 spiro atoms. The Morgan fingerprint density at radius 3 is 2.53 bits per heavy atom. The first-order chi connectivity index (χ1) is 14.6. The van der Waals surface area contributed by atoms with Crippen molar-refractivity contribution in [3.05, 3.63) is 59.3 Å². The van der Waals surface area contributed by atoms with Crippen LogP contribution < -0.4 is 9.47 Å². The third kappa shape index (κ3) is 3.55. The summed E-state index contributed by atoms with van der Waals surface area (Å²) in [7, 11) is 2.07. The molecule has 6 heteroatoms. The molecule has 158 valence electrons. The van der Waals surface area contributed by atoms with Crippen LogP contribution in [0.1, 0.15) is 22.9 Å². The van der Waals surface area contributed by atoms with Crippen LogP contribution >= 0.6 is 0 Å². The molecule has 2 aliphatic heterocycles. The largest absolute Gasteiger partial charge is 0.454 e. The van der Waals surface area contributed by atoms with E-state index in [2.05, 4.69) is 58.7 Å². The second-order valence-electron chi connectivity index (χ2n) is 8.36. The minimum atomic E-state index is -0.475. The van der Waals surface area contributed by atoms with E-state index in [1.807, 2.05) is 12.1 Å². The average Bonchev–Trinajstić information content (AvgIpc) is 3.32. The van der Waals surface area contributed by atoms with Crippen molar-refractivity contribution in [2.75, 3.05) is 39.5 Å². The van der Waals surface area contributed by atoms with Gasteiger partial charge in [0.05, 0.1) is 6.10 Å². The van der Waals surface area contributed by atoms with Crippen molar-refractivity contribution in [3.8, 4) is 11.5 Å². The summed E-state index contributed by atoms with van der Waals surface area (Å²) in [5.74, 6) is 1.68. The van der Waals surface area contributed by atoms with Gasteiger partial charge in [0, 0.05) is 68.5 Å². The van der Waals surface area contributed by atoms with Gasteiger partial charge >= 0.3 is 0 Å². The number of piperazine rings is 1. The van der Waals surface area contributed by atoms with Crippen molar-refractivity contribution in [2.24, 2.45) is 7.05 Å². The Morgan fingerprint density at radius 2 is 1.70 bits per heavy atom. The van der Waals surface area contributed by atoms with Crippen molar-refractivity contribution < 1.29 is 14.6 Å². The van der Waals surface area contributed by atoms with Crippen LogP contribution in [0.3, 0.4) is 0 Å². The van der Waals surface area contributed by atoms with Gasteiger partial charge in [-0.2, -0.15) is 0 Å². The maximum atomic E-state index is 11.1. The minimum absolute atomic E-state index is 0.315. The maximum absolute atomic E-state index is 11.1. The molecular formula is C24H29N3O3. The lowest BCUT2D eigenvalue weighted by molar-refractivity contribution is 0.0703. The molecule has 3 aromatic rings. The number of ether oxygens (including phenoxy) is 2. The van der Waals surface area contributed by atoms with E-state index in [9.17, 15) is 5.11 Å². The number of benzene rings is 2. The second kappa shape index (κ2) is 7.95. The summed E-state index contributed by atoms with van der Waals surface area (Å²) in [5.41, 5.74) is 4.64. The molecule has 1 fully saturated rings. The first kappa shape index (κ1) is 19.4. The Labute approximate surface area is 177 Å². The van der Waals surface area contributed by atoms with E-state index in [1.54, 1.807) is 0 Å². The molecule has 6 nitrogen and oxygen atoms in total. The number of β-amino-alcohol motifs (C(OH)–C–C–N with tert-alkyl or cyclic N) is 1. The molecule has 0 radical (unpaired) electrons. The molecule has 1 aromatic heterocycles. The molecule has 5 rings (SSSR count). The van der Waals surface area contributed by atoms with Gasteiger partial charge < -0.3 is 19.1 Å². The monoisotopic (exact) mass is 407 g/mol. The number of aryl methyl sites for hydroxylation is 1. The second-order valence-corrected chi connectivity index (χ2v) is 8.36. The fourth-order valence-electron chi connectivity index (χ4n) is 4.73. The van der Waals surface area contributed by atoms with E-state index < -0.39 is 6.10 Å². The van der Waals surface area contributed by atoms with E-state index in [4.69, 9.17) is 9.47 Å². The smallest absolute Gasteiger partial charge is 0.231 e. The fraction of sp³-hybridized carbons (Fsp3) is 0.417. The Balaban J connectivity index is 1.20. The Bertz CT molecular complexity index is 1050. The maximum Gasteiger partial charge on any atom is 0.231 e. The Morgan fingerprint density at radius 1 is 0.967 bits per heavy atom. The summed E-state index contributed by atoms with van der Waals surface area (Å²) >= 11 is 0. The first-order valence-corrected chi connectivity index (χ1v) is 10.7. The molecule has 1 N–H and O–H groups in total. The number of para-hydroxylation sites is 1. The number of hydrogen-bond donors (Lipinski definition) is 1. The Kier molecular flexibility index (Phi) is 5.15. The van der Waals surface area contributed by atoms with Crippen LogP contribution in [0.25, 0.3) is 10.9 Å². The Hall–Kier alpha value is -2.54. The van der Waals surface area contributed by atoms with Crippen LogP contribution in [0.4, 0.5) is 0 Å². The molecule has 2 aliphatic rings. The lowest BCUT2D eigenvalue weighted by Gasteiger charge is -2.35. The highest BCUT2D eigenvalue weighted by molar-refractivity contribution is 5.85. The first-order valence-electron chi connectivity index (χ1n) is 10.7. The number of aliphatic hydroxyl groups is 1. The predicted molar refractivity (Wildman–Crippen MR) is 117 cm³/mol. The van der Waals surface area contributed by atoms with Crippen LogP contribution in [0.5, 0.6) is 11.5 Å². The normalized spacial score (nSPS) is 18.2. The van der Waals surface area contributed by atoms with Crippen molar-refractivity contribution in [1.82, 2.24) is 14.4 Å². The summed E-state index contributed by atoms with van der Waals surface area (Å²) in [6, 6.07) is 14.5. The molecule has 0 aliphatic carbocycles. The van der Waals surface area contributed by atoms with Gasteiger partial charge in [-0.25, -0.2) is 0 Å². The van der Waals surface area contributed by atoms with Crippen molar-refractivity contribution in [3.63, 3.8) is 0 Å². The number of rotatable bonds is 5. The van der Waals surface area contributed by atoms with E-state index >= 15 is 0 Å². The fourth-order valence-corrected chi connectivity index (χ4v) is 4.73. The summed E-state index contributed by atoms with van der Waals surface area (Å²) < 4.78 is 13.1. The van der Waals surface area contributed by atoms with E-state index in [-0.39, 0.29) is 0 Å². The van der Waals surface area contributed by atoms with Gasteiger partial charge in [-0.3, -0.25) is 9.80 Å². The van der Waals surface area contributed by atoms with E-state index in [0.717, 1.165) is 60.9 Å². The number of aliphatic hydroxyl groups excluding tert-OH is 1. The van der Waals surface area contributed by atoms with Gasteiger partial charge in [-0.05, 0) is 30.7 Å². The molecule has 3 heterocycles. The minimum Gasteiger partial charge on any atom is -0.454 e. The van der Waals surface area contributed by atoms with Gasteiger partial charge in [0.25, 0.3) is 0 Å². The quantitative estimate of drug-likeness (QED) is 0.705. The highest BCUT2D eigenvalue weighted by Crippen LogP contribution is 2.33. The summed E-state index contributed by atoms with van der Waals surface area (Å²) in [4.78, 5) is 4.84. The third-order valence-corrected chi connectivity index (χ3v) is 6.52. The van der Waals surface area contributed by atoms with Crippen LogP contribution in [0.15, 0.2) is 42.5 Å². The molecule has 0 unspecified atom stereocenters. The van der Waals surface area contributed by atoms with Gasteiger partial charge in [0.15, 0.2) is 11.5 Å². The summed E-state index contributed by atoms with van der Waals surface area (Å²) in [5, 5.41) is 12.2. The van der Waals surface area contributed by atoms with Gasteiger partial charge in [-0.1, -0.05) is 24.3 Å². The summed E-state index contributed by atoms with van der Waals surface area (Å²) in [6.45, 7) is 7.92. The zero-order valence-electron chi connectivity index (χ0n) is 17.7. The van der Waals surface area contributed by atoms with Gasteiger partial charge in [0.1, 0.15) is 0 Å². The number of aromatic nitrogens is 1. The van der Waals surface area contributed by atoms with Crippen molar-refractivity contribution in [2.45, 2.75) is 19.6 Å². The molecule has 0 bridgehead atoms. The number of fused-ring (bicyclic) bond motifs is 2. The standard InChI is InChI=1S/C24H29N3O3/c1-17-24(19-5-3-4-6-20(19)25(17)2)21(28)15-27-11-9-26(10-12-27)14-18-7-8-22-23(13-18)30-16-29-22/h3-8,13,21,28H,9-12,14-16H2,1-2H3/t21-/m1/s1. The highest BCUT2D eigenvalue weighted by atomic mass is 16.7. The average molecular weight is 408 g/mol. The molecule has 1 saturated heterocycles. The van der Waals surface area contributed by atoms with Crippen molar-refractivity contribution >= 4 is 10.9 Å². The van der Waals surface area contributed by atoms with Crippen LogP contribution in [-0.4, -0.2) is 59.0 Å². The van der Waals surface area contributed by atoms with Gasteiger partial charge in [-0.15, -0.1) is 0 Å². The summed E-state index contributed by atoms with van der Waals surface area (Å²) in [6.07, 6.45) is -0.475. The number of nitrogens with zero attached hydrogens (tertiary/aromatic N) is 3. The van der Waals surface area contributed by atoms with E-state index in [0.29, 0.717) is 13.3 Å². The molecule has 1 atom stereocenters. The van der Waals surface area contributed by atoms with Crippen LogP contribution in [0.2, 0.25) is 0 Å². The van der Waals surface area contributed by atoms with Crippen LogP contribution in [0, 0.1) is 6.92 Å². The lowest BCUT2D eigenvalue weighted by atomic mass is 10.0. The lowest BCUT2D eigenvalue weighted by Crippen LogP contribution is -2.47. The van der Waals surface area contributed by atoms with Crippen LogP contribution in [-0.2, 0) is 13.6 Å². The molecule has 0 amide bonds. The number of hydrogen-bond acceptors (Lipinski definition) is 5. The molecular weight excluding hydrogens is 378 g/mol.